The lowest BCUT2D eigenvalue weighted by atomic mass is 10.1. The normalized spacial score (nSPS) is 20.1. The van der Waals surface area contributed by atoms with Crippen LogP contribution >= 0.6 is 24.0 Å². The Morgan fingerprint density at radius 1 is 1.35 bits per heavy atom. The van der Waals surface area contributed by atoms with Crippen LogP contribution in [0.2, 0.25) is 5.02 Å². The summed E-state index contributed by atoms with van der Waals surface area (Å²) in [4.78, 5) is -0.293. The van der Waals surface area contributed by atoms with Gasteiger partial charge in [0.2, 0.25) is 10.0 Å². The van der Waals surface area contributed by atoms with Gasteiger partial charge < -0.3 is 5.32 Å². The van der Waals surface area contributed by atoms with Gasteiger partial charge in [-0.2, -0.15) is 17.5 Å². The molecule has 0 aliphatic carbocycles. The average Bonchev–Trinajstić information content (AvgIpc) is 2.46. The van der Waals surface area contributed by atoms with E-state index in [1.54, 1.807) is 7.05 Å². The van der Waals surface area contributed by atoms with Crippen LogP contribution in [0.25, 0.3) is 0 Å². The molecule has 1 aliphatic heterocycles. The Bertz CT molecular complexity index is 653. The lowest BCUT2D eigenvalue weighted by molar-refractivity contribution is -0.137. The number of likely N-dealkylation sites (N-methyl/N-ethyl adjacent to an activating group) is 1. The van der Waals surface area contributed by atoms with Crippen LogP contribution in [0.1, 0.15) is 18.4 Å². The van der Waals surface area contributed by atoms with Crippen LogP contribution in [0.5, 0.6) is 0 Å². The Morgan fingerprint density at radius 2 is 2.00 bits per heavy atom. The third-order valence-corrected chi connectivity index (χ3v) is 6.02. The molecule has 1 heterocycles. The van der Waals surface area contributed by atoms with E-state index in [-0.39, 0.29) is 29.9 Å². The Labute approximate surface area is 144 Å². The van der Waals surface area contributed by atoms with Gasteiger partial charge >= 0.3 is 6.18 Å². The smallest absolute Gasteiger partial charge is 0.316 e. The molecule has 0 bridgehead atoms. The van der Waals surface area contributed by atoms with E-state index < -0.39 is 26.8 Å². The van der Waals surface area contributed by atoms with Gasteiger partial charge in [0.05, 0.1) is 10.6 Å². The number of benzene rings is 1. The molecular formula is C13H17Cl2F3N2O2S. The summed E-state index contributed by atoms with van der Waals surface area (Å²) in [5.41, 5.74) is -0.969. The van der Waals surface area contributed by atoms with E-state index in [0.29, 0.717) is 19.0 Å². The number of nitrogens with one attached hydrogen (secondary N) is 1. The predicted octanol–water partition coefficient (Wildman–Crippen LogP) is 3.15. The summed E-state index contributed by atoms with van der Waals surface area (Å²) >= 11 is 5.79. The molecular weight excluding hydrogens is 376 g/mol. The molecule has 1 saturated heterocycles. The number of rotatable bonds is 3. The van der Waals surface area contributed by atoms with E-state index >= 15 is 0 Å². The Hall–Kier alpha value is -0.540. The summed E-state index contributed by atoms with van der Waals surface area (Å²) < 4.78 is 64.2. The Morgan fingerprint density at radius 3 is 2.52 bits per heavy atom. The number of halogens is 5. The molecule has 1 aromatic carbocycles. The van der Waals surface area contributed by atoms with Crippen molar-refractivity contribution in [1.29, 1.82) is 0 Å². The predicted molar refractivity (Wildman–Crippen MR) is 84.5 cm³/mol. The number of hydrogen-bond donors (Lipinski definition) is 1. The molecule has 0 aromatic heterocycles. The van der Waals surface area contributed by atoms with Gasteiger partial charge in [-0.05, 0) is 38.1 Å². The summed E-state index contributed by atoms with van der Waals surface area (Å²) in [6.45, 7) is 0.605. The fraction of sp³-hybridized carbons (Fsp3) is 0.538. The van der Waals surface area contributed by atoms with E-state index in [1.807, 2.05) is 0 Å². The maximum absolute atomic E-state index is 12.6. The van der Waals surface area contributed by atoms with E-state index in [4.69, 9.17) is 11.6 Å². The van der Waals surface area contributed by atoms with Crippen molar-refractivity contribution < 1.29 is 21.6 Å². The third kappa shape index (κ3) is 4.51. The van der Waals surface area contributed by atoms with Gasteiger partial charge in [-0.15, -0.1) is 12.4 Å². The van der Waals surface area contributed by atoms with Crippen molar-refractivity contribution in [3.05, 3.63) is 28.8 Å². The molecule has 1 atom stereocenters. The fourth-order valence-electron chi connectivity index (χ4n) is 2.42. The minimum atomic E-state index is -4.56. The van der Waals surface area contributed by atoms with Crippen LogP contribution in [0.4, 0.5) is 13.2 Å². The van der Waals surface area contributed by atoms with Gasteiger partial charge in [0.1, 0.15) is 4.90 Å². The molecule has 0 radical (unpaired) electrons. The van der Waals surface area contributed by atoms with Crippen LogP contribution in [-0.2, 0) is 16.2 Å². The molecule has 0 saturated carbocycles. The molecule has 2 rings (SSSR count). The van der Waals surface area contributed by atoms with Gasteiger partial charge in [-0.3, -0.25) is 0 Å². The van der Waals surface area contributed by atoms with Crippen molar-refractivity contribution in [3.63, 3.8) is 0 Å². The molecule has 0 amide bonds. The van der Waals surface area contributed by atoms with Gasteiger partial charge in [0, 0.05) is 19.1 Å². The van der Waals surface area contributed by atoms with Crippen molar-refractivity contribution in [2.75, 3.05) is 20.1 Å². The first-order chi connectivity index (χ1) is 10.2. The molecule has 1 fully saturated rings. The monoisotopic (exact) mass is 392 g/mol. The van der Waals surface area contributed by atoms with Crippen LogP contribution in [0.15, 0.2) is 23.1 Å². The van der Waals surface area contributed by atoms with Crippen LogP contribution in [0, 0.1) is 0 Å². The highest BCUT2D eigenvalue weighted by Crippen LogP contribution is 2.34. The highest BCUT2D eigenvalue weighted by atomic mass is 35.5. The van der Waals surface area contributed by atoms with Crippen LogP contribution in [-0.4, -0.2) is 38.9 Å². The average molecular weight is 393 g/mol. The largest absolute Gasteiger partial charge is 0.416 e. The highest BCUT2D eigenvalue weighted by Gasteiger charge is 2.34. The van der Waals surface area contributed by atoms with Gasteiger partial charge in [-0.25, -0.2) is 8.42 Å². The van der Waals surface area contributed by atoms with E-state index in [9.17, 15) is 21.6 Å². The van der Waals surface area contributed by atoms with E-state index in [2.05, 4.69) is 5.32 Å². The SMILES string of the molecule is CNC1CCCN(S(=O)(=O)c2ccc(C(F)(F)F)cc2Cl)C1.Cl. The molecule has 4 nitrogen and oxygen atoms in total. The third-order valence-electron chi connectivity index (χ3n) is 3.67. The number of alkyl halides is 3. The van der Waals surface area contributed by atoms with Crippen LogP contribution < -0.4 is 5.32 Å². The minimum Gasteiger partial charge on any atom is -0.316 e. The zero-order valence-electron chi connectivity index (χ0n) is 12.2. The van der Waals surface area contributed by atoms with Crippen LogP contribution in [0.3, 0.4) is 0 Å². The second kappa shape index (κ2) is 7.57. The molecule has 1 aromatic rings. The lowest BCUT2D eigenvalue weighted by Gasteiger charge is -2.31. The summed E-state index contributed by atoms with van der Waals surface area (Å²) in [6, 6.07) is 2.33. The first-order valence-corrected chi connectivity index (χ1v) is 8.52. The summed E-state index contributed by atoms with van der Waals surface area (Å²) in [5.74, 6) is 0. The minimum absolute atomic E-state index is 0. The maximum Gasteiger partial charge on any atom is 0.416 e. The van der Waals surface area contributed by atoms with Crippen molar-refractivity contribution >= 4 is 34.0 Å². The lowest BCUT2D eigenvalue weighted by Crippen LogP contribution is -2.46. The summed E-state index contributed by atoms with van der Waals surface area (Å²) in [5, 5.41) is 2.60. The van der Waals surface area contributed by atoms with Gasteiger partial charge in [0.15, 0.2) is 0 Å². The van der Waals surface area contributed by atoms with Crippen molar-refractivity contribution in [2.45, 2.75) is 30.0 Å². The quantitative estimate of drug-likeness (QED) is 0.859. The zero-order chi connectivity index (χ0) is 16.5. The van der Waals surface area contributed by atoms with Gasteiger partial charge in [-0.1, -0.05) is 11.6 Å². The highest BCUT2D eigenvalue weighted by molar-refractivity contribution is 7.89. The van der Waals surface area contributed by atoms with E-state index in [0.717, 1.165) is 18.6 Å². The van der Waals surface area contributed by atoms with Gasteiger partial charge in [0.25, 0.3) is 0 Å². The molecule has 1 unspecified atom stereocenters. The van der Waals surface area contributed by atoms with Crippen molar-refractivity contribution in [3.8, 4) is 0 Å². The molecule has 10 heteroatoms. The number of hydrogen-bond acceptors (Lipinski definition) is 3. The Balaban J connectivity index is 0.00000264. The molecule has 23 heavy (non-hydrogen) atoms. The first kappa shape index (κ1) is 20.5. The topological polar surface area (TPSA) is 49.4 Å². The Kier molecular flexibility index (Phi) is 6.74. The number of piperidine rings is 1. The second-order valence-electron chi connectivity index (χ2n) is 5.13. The molecule has 132 valence electrons. The molecule has 1 N–H and O–H groups in total. The summed E-state index contributed by atoms with van der Waals surface area (Å²) in [7, 11) is -2.16. The van der Waals surface area contributed by atoms with E-state index in [1.165, 1.54) is 4.31 Å². The number of nitrogens with zero attached hydrogens (tertiary/aromatic N) is 1. The summed E-state index contributed by atoms with van der Waals surface area (Å²) in [6.07, 6.45) is -3.03. The van der Waals surface area contributed by atoms with Crippen molar-refractivity contribution in [2.24, 2.45) is 0 Å². The first-order valence-electron chi connectivity index (χ1n) is 6.70. The second-order valence-corrected chi connectivity index (χ2v) is 7.45. The standard InChI is InChI=1S/C13H16ClF3N2O2S.ClH/c1-18-10-3-2-6-19(8-10)22(20,21)12-5-4-9(7-11(12)14)13(15,16)17;/h4-5,7,10,18H,2-3,6,8H2,1H3;1H. The zero-order valence-corrected chi connectivity index (χ0v) is 14.6. The molecule has 1 aliphatic rings. The number of sulfonamides is 1. The molecule has 0 spiro atoms. The van der Waals surface area contributed by atoms with Crippen molar-refractivity contribution in [1.82, 2.24) is 9.62 Å². The fourth-order valence-corrected chi connectivity index (χ4v) is 4.46. The maximum atomic E-state index is 12.6.